The number of sulfonamides is 1. The molecule has 0 amide bonds. The fraction of sp³-hybridized carbons (Fsp3) is 0.571. The highest BCUT2D eigenvalue weighted by atomic mass is 35.5. The number of nitro benzene ring substituents is 1. The van der Waals surface area contributed by atoms with Crippen molar-refractivity contribution in [2.24, 2.45) is 5.41 Å². The Hall–Kier alpha value is -1.42. The average molecular weight is 380 g/mol. The molecule has 1 aliphatic heterocycles. The lowest BCUT2D eigenvalue weighted by atomic mass is 9.81. The van der Waals surface area contributed by atoms with Gasteiger partial charge >= 0.3 is 0 Å². The van der Waals surface area contributed by atoms with Crippen molar-refractivity contribution in [3.05, 3.63) is 28.3 Å². The Morgan fingerprint density at radius 2 is 2.00 bits per heavy atom. The van der Waals surface area contributed by atoms with Gasteiger partial charge in [0.25, 0.3) is 5.69 Å². The van der Waals surface area contributed by atoms with Gasteiger partial charge in [0.15, 0.2) is 4.90 Å². The van der Waals surface area contributed by atoms with Gasteiger partial charge in [0, 0.05) is 6.54 Å². The van der Waals surface area contributed by atoms with Crippen molar-refractivity contribution >= 4 is 28.1 Å². The molecule has 10 heteroatoms. The van der Waals surface area contributed by atoms with Crippen LogP contribution in [-0.4, -0.2) is 40.1 Å². The molecule has 0 atom stereocenters. The smallest absolute Gasteiger partial charge is 0.293 e. The third-order valence-electron chi connectivity index (χ3n) is 4.15. The second kappa shape index (κ2) is 8.11. The van der Waals surface area contributed by atoms with Crippen LogP contribution in [0.15, 0.2) is 23.1 Å². The number of methoxy groups -OCH3 is 1. The minimum atomic E-state index is -3.97. The second-order valence-electron chi connectivity index (χ2n) is 5.98. The Morgan fingerprint density at radius 3 is 2.54 bits per heavy atom. The quantitative estimate of drug-likeness (QED) is 0.574. The van der Waals surface area contributed by atoms with Crippen molar-refractivity contribution in [3.8, 4) is 5.75 Å². The molecule has 0 spiro atoms. The highest BCUT2D eigenvalue weighted by Gasteiger charge is 2.31. The number of rotatable bonds is 6. The minimum Gasteiger partial charge on any atom is -0.497 e. The molecule has 1 aliphatic rings. The minimum absolute atomic E-state index is 0. The summed E-state index contributed by atoms with van der Waals surface area (Å²) >= 11 is 0. The number of hydrogen-bond donors (Lipinski definition) is 2. The molecule has 1 fully saturated rings. The second-order valence-corrected chi connectivity index (χ2v) is 7.71. The van der Waals surface area contributed by atoms with Crippen LogP contribution < -0.4 is 14.8 Å². The van der Waals surface area contributed by atoms with Crippen molar-refractivity contribution in [2.75, 3.05) is 26.7 Å². The van der Waals surface area contributed by atoms with E-state index in [1.54, 1.807) is 0 Å². The van der Waals surface area contributed by atoms with Crippen LogP contribution in [0.1, 0.15) is 19.8 Å². The lowest BCUT2D eigenvalue weighted by molar-refractivity contribution is -0.387. The molecule has 0 aliphatic carbocycles. The zero-order valence-corrected chi connectivity index (χ0v) is 15.2. The van der Waals surface area contributed by atoms with Crippen LogP contribution in [-0.2, 0) is 10.0 Å². The molecule has 1 heterocycles. The van der Waals surface area contributed by atoms with E-state index < -0.39 is 20.6 Å². The summed E-state index contributed by atoms with van der Waals surface area (Å²) in [6.07, 6.45) is 1.69. The molecule has 2 N–H and O–H groups in total. The number of benzene rings is 1. The molecule has 0 saturated carbocycles. The first-order valence-electron chi connectivity index (χ1n) is 7.30. The van der Waals surface area contributed by atoms with Crippen LogP contribution in [0.2, 0.25) is 0 Å². The van der Waals surface area contributed by atoms with Crippen molar-refractivity contribution in [3.63, 3.8) is 0 Å². The van der Waals surface area contributed by atoms with Crippen LogP contribution in [0.25, 0.3) is 0 Å². The fourth-order valence-electron chi connectivity index (χ4n) is 2.55. The first-order valence-corrected chi connectivity index (χ1v) is 8.79. The maximum Gasteiger partial charge on any atom is 0.293 e. The van der Waals surface area contributed by atoms with Gasteiger partial charge in [-0.3, -0.25) is 10.1 Å². The maximum absolute atomic E-state index is 12.5. The Kier molecular flexibility index (Phi) is 6.97. The predicted octanol–water partition coefficient (Wildman–Crippen LogP) is 1.69. The standard InChI is InChI=1S/C14H21N3O5S.ClH/c1-14(5-7-15-8-6-14)10-16-23(20,21)13-4-3-11(22-2)9-12(13)17(18)19;/h3-4,9,15-16H,5-8,10H2,1-2H3;1H. The zero-order valence-electron chi connectivity index (χ0n) is 13.6. The van der Waals surface area contributed by atoms with Gasteiger partial charge in [-0.05, 0) is 43.5 Å². The van der Waals surface area contributed by atoms with Crippen LogP contribution in [0, 0.1) is 15.5 Å². The molecule has 2 rings (SSSR count). The van der Waals surface area contributed by atoms with Crippen molar-refractivity contribution in [1.29, 1.82) is 0 Å². The summed E-state index contributed by atoms with van der Waals surface area (Å²) in [5.74, 6) is 0.237. The van der Waals surface area contributed by atoms with Crippen LogP contribution in [0.5, 0.6) is 5.75 Å². The molecule has 0 aromatic heterocycles. The summed E-state index contributed by atoms with van der Waals surface area (Å²) in [6.45, 7) is 3.93. The van der Waals surface area contributed by atoms with E-state index in [-0.39, 0.29) is 35.0 Å². The van der Waals surface area contributed by atoms with Crippen LogP contribution in [0.3, 0.4) is 0 Å². The highest BCUT2D eigenvalue weighted by Crippen LogP contribution is 2.30. The summed E-state index contributed by atoms with van der Waals surface area (Å²) in [7, 11) is -2.60. The molecule has 8 nitrogen and oxygen atoms in total. The Bertz CT molecular complexity index is 690. The fourth-order valence-corrected chi connectivity index (χ4v) is 3.90. The van der Waals surface area contributed by atoms with E-state index in [1.807, 2.05) is 6.92 Å². The van der Waals surface area contributed by atoms with Gasteiger partial charge < -0.3 is 10.1 Å². The van der Waals surface area contributed by atoms with Gasteiger partial charge in [-0.2, -0.15) is 0 Å². The van der Waals surface area contributed by atoms with E-state index in [0.717, 1.165) is 32.0 Å². The summed E-state index contributed by atoms with van der Waals surface area (Å²) < 4.78 is 32.4. The Morgan fingerprint density at radius 1 is 1.38 bits per heavy atom. The van der Waals surface area contributed by atoms with Crippen molar-refractivity contribution in [1.82, 2.24) is 10.0 Å². The molecular formula is C14H22ClN3O5S. The molecule has 0 unspecified atom stereocenters. The summed E-state index contributed by atoms with van der Waals surface area (Å²) in [6, 6.07) is 3.71. The zero-order chi connectivity index (χ0) is 17.1. The monoisotopic (exact) mass is 379 g/mol. The molecule has 1 aromatic carbocycles. The third-order valence-corrected chi connectivity index (χ3v) is 5.60. The molecule has 1 aromatic rings. The van der Waals surface area contributed by atoms with Gasteiger partial charge in [-0.1, -0.05) is 6.92 Å². The SMILES string of the molecule is COc1ccc(S(=O)(=O)NCC2(C)CCNCC2)c([N+](=O)[O-])c1.Cl. The number of halogens is 1. The van der Waals surface area contributed by atoms with Crippen molar-refractivity contribution < 1.29 is 18.1 Å². The van der Waals surface area contributed by atoms with E-state index in [4.69, 9.17) is 4.74 Å². The maximum atomic E-state index is 12.5. The predicted molar refractivity (Wildman–Crippen MR) is 92.3 cm³/mol. The van der Waals surface area contributed by atoms with E-state index in [0.29, 0.717) is 0 Å². The van der Waals surface area contributed by atoms with Gasteiger partial charge in [-0.15, -0.1) is 12.4 Å². The van der Waals surface area contributed by atoms with Gasteiger partial charge in [0.05, 0.1) is 18.1 Å². The average Bonchev–Trinajstić information content (AvgIpc) is 2.53. The van der Waals surface area contributed by atoms with Crippen LogP contribution >= 0.6 is 12.4 Å². The van der Waals surface area contributed by atoms with Gasteiger partial charge in [-0.25, -0.2) is 13.1 Å². The Balaban J connectivity index is 0.00000288. The third kappa shape index (κ3) is 4.79. The lowest BCUT2D eigenvalue weighted by Gasteiger charge is -2.34. The van der Waals surface area contributed by atoms with E-state index >= 15 is 0 Å². The van der Waals surface area contributed by atoms with E-state index in [1.165, 1.54) is 19.2 Å². The number of hydrogen-bond acceptors (Lipinski definition) is 6. The normalized spacial score (nSPS) is 16.9. The van der Waals surface area contributed by atoms with Gasteiger partial charge in [0.2, 0.25) is 10.0 Å². The number of ether oxygens (including phenoxy) is 1. The van der Waals surface area contributed by atoms with Crippen LogP contribution in [0.4, 0.5) is 5.69 Å². The highest BCUT2D eigenvalue weighted by molar-refractivity contribution is 7.89. The Labute approximate surface area is 147 Å². The molecular weight excluding hydrogens is 358 g/mol. The number of nitrogens with one attached hydrogen (secondary N) is 2. The molecule has 24 heavy (non-hydrogen) atoms. The molecule has 136 valence electrons. The molecule has 1 saturated heterocycles. The van der Waals surface area contributed by atoms with Gasteiger partial charge in [0.1, 0.15) is 5.75 Å². The first-order chi connectivity index (χ1) is 10.8. The number of nitro groups is 1. The van der Waals surface area contributed by atoms with E-state index in [2.05, 4.69) is 10.0 Å². The van der Waals surface area contributed by atoms with E-state index in [9.17, 15) is 18.5 Å². The molecule has 0 radical (unpaired) electrons. The summed E-state index contributed by atoms with van der Waals surface area (Å²) in [4.78, 5) is 10.1. The summed E-state index contributed by atoms with van der Waals surface area (Å²) in [5.41, 5.74) is -0.646. The largest absolute Gasteiger partial charge is 0.497 e. The summed E-state index contributed by atoms with van der Waals surface area (Å²) in [5, 5.41) is 14.4. The van der Waals surface area contributed by atoms with Crippen molar-refractivity contribution in [2.45, 2.75) is 24.7 Å². The topological polar surface area (TPSA) is 111 Å². The lowest BCUT2D eigenvalue weighted by Crippen LogP contribution is -2.42. The number of nitrogens with zero attached hydrogens (tertiary/aromatic N) is 1. The molecule has 0 bridgehead atoms. The first kappa shape index (κ1) is 20.6. The number of piperidine rings is 1.